The molecule has 0 atom stereocenters. The number of halogens is 1. The van der Waals surface area contributed by atoms with Gasteiger partial charge in [0.1, 0.15) is 5.82 Å². The molecule has 22 heavy (non-hydrogen) atoms. The highest BCUT2D eigenvalue weighted by Crippen LogP contribution is 2.33. The van der Waals surface area contributed by atoms with Gasteiger partial charge in [-0.25, -0.2) is 9.18 Å². The zero-order chi connectivity index (χ0) is 16.1. The van der Waals surface area contributed by atoms with Crippen molar-refractivity contribution in [1.82, 2.24) is 0 Å². The zero-order valence-electron chi connectivity index (χ0n) is 11.6. The van der Waals surface area contributed by atoms with E-state index in [-0.39, 0.29) is 23.7 Å². The monoisotopic (exact) mass is 321 g/mol. The predicted molar refractivity (Wildman–Crippen MR) is 79.6 cm³/mol. The van der Waals surface area contributed by atoms with Gasteiger partial charge in [0.2, 0.25) is 0 Å². The van der Waals surface area contributed by atoms with Crippen LogP contribution >= 0.6 is 11.8 Å². The Hall–Kier alpha value is -2.41. The maximum Gasteiger partial charge on any atom is 0.339 e. The number of hydrogen-bond donors (Lipinski definition) is 0. The first kappa shape index (κ1) is 16.0. The van der Waals surface area contributed by atoms with Gasteiger partial charge >= 0.3 is 5.97 Å². The smallest absolute Gasteiger partial charge is 0.339 e. The molecule has 0 N–H and O–H groups in total. The number of benzene rings is 2. The third kappa shape index (κ3) is 3.82. The lowest BCUT2D eigenvalue weighted by atomic mass is 10.2. The number of carbonyl (C=O) groups is 1. The van der Waals surface area contributed by atoms with E-state index in [9.17, 15) is 19.3 Å². The van der Waals surface area contributed by atoms with Crippen molar-refractivity contribution in [3.05, 3.63) is 64.0 Å². The number of nitrogens with zero attached hydrogens (tertiary/aromatic N) is 1. The van der Waals surface area contributed by atoms with Crippen LogP contribution in [0.1, 0.15) is 17.3 Å². The van der Waals surface area contributed by atoms with E-state index in [1.807, 2.05) is 0 Å². The molecule has 0 fully saturated rings. The molecule has 114 valence electrons. The van der Waals surface area contributed by atoms with Crippen molar-refractivity contribution in [1.29, 1.82) is 0 Å². The fourth-order valence-corrected chi connectivity index (χ4v) is 2.68. The third-order valence-corrected chi connectivity index (χ3v) is 3.78. The maximum absolute atomic E-state index is 12.9. The van der Waals surface area contributed by atoms with E-state index >= 15 is 0 Å². The van der Waals surface area contributed by atoms with Crippen molar-refractivity contribution in [3.63, 3.8) is 0 Å². The minimum Gasteiger partial charge on any atom is -0.462 e. The van der Waals surface area contributed by atoms with Gasteiger partial charge in [-0.1, -0.05) is 11.8 Å². The number of rotatable bonds is 5. The lowest BCUT2D eigenvalue weighted by Crippen LogP contribution is -2.06. The molecule has 0 bridgehead atoms. The molecule has 0 aliphatic heterocycles. The van der Waals surface area contributed by atoms with Gasteiger partial charge in [0.15, 0.2) is 0 Å². The largest absolute Gasteiger partial charge is 0.462 e. The van der Waals surface area contributed by atoms with Crippen LogP contribution in [-0.4, -0.2) is 17.5 Å². The minimum absolute atomic E-state index is 0.127. The van der Waals surface area contributed by atoms with Crippen LogP contribution < -0.4 is 0 Å². The van der Waals surface area contributed by atoms with Crippen LogP contribution in [0.4, 0.5) is 10.1 Å². The average molecular weight is 321 g/mol. The molecule has 2 aromatic rings. The van der Waals surface area contributed by atoms with Gasteiger partial charge in [-0.05, 0) is 37.3 Å². The van der Waals surface area contributed by atoms with E-state index in [4.69, 9.17) is 4.74 Å². The summed E-state index contributed by atoms with van der Waals surface area (Å²) in [5.74, 6) is -0.934. The summed E-state index contributed by atoms with van der Waals surface area (Å²) in [6.07, 6.45) is 0. The summed E-state index contributed by atoms with van der Waals surface area (Å²) in [6.45, 7) is 1.88. The summed E-state index contributed by atoms with van der Waals surface area (Å²) >= 11 is 1.14. The number of non-ortho nitro benzene ring substituents is 1. The van der Waals surface area contributed by atoms with Crippen molar-refractivity contribution in [2.24, 2.45) is 0 Å². The van der Waals surface area contributed by atoms with Crippen LogP contribution in [0.15, 0.2) is 52.3 Å². The molecule has 0 amide bonds. The molecular formula is C15H12FNO4S. The first-order valence-corrected chi connectivity index (χ1v) is 7.22. The zero-order valence-corrected chi connectivity index (χ0v) is 12.4. The fourth-order valence-electron chi connectivity index (χ4n) is 1.72. The highest BCUT2D eigenvalue weighted by atomic mass is 32.2. The minimum atomic E-state index is -0.554. The van der Waals surface area contributed by atoms with Crippen LogP contribution in [0.5, 0.6) is 0 Å². The SMILES string of the molecule is CCOC(=O)c1ccc([N+](=O)[O-])cc1Sc1ccc(F)cc1. The molecule has 0 saturated carbocycles. The van der Waals surface area contributed by atoms with Gasteiger partial charge in [0.05, 0.1) is 17.1 Å². The lowest BCUT2D eigenvalue weighted by Gasteiger charge is -2.08. The average Bonchev–Trinajstić information content (AvgIpc) is 2.49. The normalized spacial score (nSPS) is 10.3. The second-order valence-electron chi connectivity index (χ2n) is 4.21. The molecule has 0 aliphatic carbocycles. The second kappa shape index (κ2) is 7.04. The second-order valence-corrected chi connectivity index (χ2v) is 5.33. The maximum atomic E-state index is 12.9. The van der Waals surface area contributed by atoms with Crippen LogP contribution in [0.3, 0.4) is 0 Å². The Morgan fingerprint density at radius 3 is 2.55 bits per heavy atom. The van der Waals surface area contributed by atoms with Crippen molar-refractivity contribution < 1.29 is 18.8 Å². The van der Waals surface area contributed by atoms with Crippen molar-refractivity contribution in [2.45, 2.75) is 16.7 Å². The summed E-state index contributed by atoms with van der Waals surface area (Å²) in [5, 5.41) is 10.9. The van der Waals surface area contributed by atoms with Crippen LogP contribution in [0.2, 0.25) is 0 Å². The summed E-state index contributed by atoms with van der Waals surface area (Å²) in [4.78, 5) is 23.3. The van der Waals surface area contributed by atoms with Crippen LogP contribution in [0.25, 0.3) is 0 Å². The number of esters is 1. The van der Waals surface area contributed by atoms with Gasteiger partial charge < -0.3 is 4.74 Å². The Balaban J connectivity index is 2.40. The molecule has 5 nitrogen and oxygen atoms in total. The van der Waals surface area contributed by atoms with Gasteiger partial charge in [-0.15, -0.1) is 0 Å². The first-order valence-electron chi connectivity index (χ1n) is 6.40. The Morgan fingerprint density at radius 1 is 1.27 bits per heavy atom. The molecule has 0 heterocycles. The highest BCUT2D eigenvalue weighted by Gasteiger charge is 2.18. The number of nitro groups is 1. The number of carbonyl (C=O) groups excluding carboxylic acids is 1. The standard InChI is InChI=1S/C15H12FNO4S/c1-2-21-15(18)13-8-5-11(17(19)20)9-14(13)22-12-6-3-10(16)4-7-12/h3-9H,2H2,1H3. The van der Waals surface area contributed by atoms with Crippen molar-refractivity contribution in [3.8, 4) is 0 Å². The number of nitro benzene ring substituents is 1. The lowest BCUT2D eigenvalue weighted by molar-refractivity contribution is -0.385. The van der Waals surface area contributed by atoms with E-state index in [1.54, 1.807) is 6.92 Å². The molecule has 7 heteroatoms. The Morgan fingerprint density at radius 2 is 1.95 bits per heavy atom. The van der Waals surface area contributed by atoms with E-state index in [0.717, 1.165) is 11.8 Å². The van der Waals surface area contributed by atoms with Gasteiger partial charge in [0, 0.05) is 21.9 Å². The third-order valence-electron chi connectivity index (χ3n) is 2.71. The van der Waals surface area contributed by atoms with Gasteiger partial charge in [-0.2, -0.15) is 0 Å². The van der Waals surface area contributed by atoms with Crippen LogP contribution in [-0.2, 0) is 4.74 Å². The summed E-state index contributed by atoms with van der Waals surface area (Å²) < 4.78 is 17.9. The Labute approximate surface area is 130 Å². The molecule has 0 radical (unpaired) electrons. The number of hydrogen-bond acceptors (Lipinski definition) is 5. The van der Waals surface area contributed by atoms with E-state index < -0.39 is 10.9 Å². The molecule has 0 spiro atoms. The molecule has 0 unspecified atom stereocenters. The fraction of sp³-hybridized carbons (Fsp3) is 0.133. The highest BCUT2D eigenvalue weighted by molar-refractivity contribution is 7.99. The van der Waals surface area contributed by atoms with Crippen molar-refractivity contribution >= 4 is 23.4 Å². The summed E-state index contributed by atoms with van der Waals surface area (Å²) in [5.41, 5.74) is 0.111. The molecule has 0 saturated heterocycles. The molecule has 2 aromatic carbocycles. The molecular weight excluding hydrogens is 309 g/mol. The summed E-state index contributed by atoms with van der Waals surface area (Å²) in [6, 6.07) is 9.55. The van der Waals surface area contributed by atoms with E-state index in [1.165, 1.54) is 42.5 Å². The Kier molecular flexibility index (Phi) is 5.11. The number of ether oxygens (including phenoxy) is 1. The first-order chi connectivity index (χ1) is 10.5. The van der Waals surface area contributed by atoms with E-state index in [0.29, 0.717) is 9.79 Å². The van der Waals surface area contributed by atoms with Gasteiger partial charge in [0.25, 0.3) is 5.69 Å². The molecule has 0 aromatic heterocycles. The van der Waals surface area contributed by atoms with E-state index in [2.05, 4.69) is 0 Å². The topological polar surface area (TPSA) is 69.4 Å². The Bertz CT molecular complexity index is 703. The van der Waals surface area contributed by atoms with Crippen molar-refractivity contribution in [2.75, 3.05) is 6.61 Å². The summed E-state index contributed by atoms with van der Waals surface area (Å²) in [7, 11) is 0. The quantitative estimate of drug-likeness (QED) is 0.472. The molecule has 2 rings (SSSR count). The predicted octanol–water partition coefficient (Wildman–Crippen LogP) is 4.06. The molecule has 0 aliphatic rings. The van der Waals surface area contributed by atoms with Crippen LogP contribution in [0, 0.1) is 15.9 Å². The van der Waals surface area contributed by atoms with Gasteiger partial charge in [-0.3, -0.25) is 10.1 Å².